The van der Waals surface area contributed by atoms with Crippen LogP contribution in [-0.2, 0) is 4.79 Å². The average molecular weight is 212 g/mol. The number of carbonyl (C=O) groups is 1. The number of hydrogen-bond donors (Lipinski definition) is 1. The molecule has 0 aromatic heterocycles. The molecule has 1 heterocycles. The molecule has 1 aliphatic rings. The minimum Gasteiger partial charge on any atom is -0.355 e. The van der Waals surface area contributed by atoms with E-state index in [0.717, 1.165) is 19.5 Å². The van der Waals surface area contributed by atoms with Gasteiger partial charge in [0.1, 0.15) is 0 Å². The second-order valence-electron chi connectivity index (χ2n) is 4.50. The third kappa shape index (κ3) is 4.65. The van der Waals surface area contributed by atoms with Crippen molar-refractivity contribution < 1.29 is 4.79 Å². The third-order valence-electron chi connectivity index (χ3n) is 3.24. The van der Waals surface area contributed by atoms with Crippen LogP contribution in [0.15, 0.2) is 0 Å². The Kier molecular flexibility index (Phi) is 5.69. The van der Waals surface area contributed by atoms with E-state index >= 15 is 0 Å². The molecular formula is C12H24N2O. The maximum Gasteiger partial charge on any atom is 0.222 e. The van der Waals surface area contributed by atoms with Crippen molar-refractivity contribution in [2.24, 2.45) is 5.92 Å². The Morgan fingerprint density at radius 1 is 1.33 bits per heavy atom. The fraction of sp³-hybridized carbons (Fsp3) is 0.917. The van der Waals surface area contributed by atoms with E-state index in [2.05, 4.69) is 17.1 Å². The summed E-state index contributed by atoms with van der Waals surface area (Å²) in [4.78, 5) is 13.9. The molecule has 1 N–H and O–H groups in total. The molecule has 0 aromatic rings. The van der Waals surface area contributed by atoms with Gasteiger partial charge in [-0.05, 0) is 32.4 Å². The van der Waals surface area contributed by atoms with Crippen LogP contribution in [0.2, 0.25) is 0 Å². The summed E-state index contributed by atoms with van der Waals surface area (Å²) in [6.45, 7) is 8.27. The standard InChI is InChI=1S/C12H24N2O/c1-3-11(2)12(15)13-7-10-14-8-5-4-6-9-14/h11H,3-10H2,1-2H3,(H,13,15). The first-order chi connectivity index (χ1) is 7.24. The number of carbonyl (C=O) groups excluding carboxylic acids is 1. The van der Waals surface area contributed by atoms with Crippen molar-refractivity contribution in [3.63, 3.8) is 0 Å². The fourth-order valence-electron chi connectivity index (χ4n) is 1.88. The van der Waals surface area contributed by atoms with Crippen LogP contribution in [-0.4, -0.2) is 37.0 Å². The summed E-state index contributed by atoms with van der Waals surface area (Å²) in [5.74, 6) is 0.362. The lowest BCUT2D eigenvalue weighted by Crippen LogP contribution is -2.39. The molecule has 1 amide bonds. The van der Waals surface area contributed by atoms with E-state index in [9.17, 15) is 4.79 Å². The van der Waals surface area contributed by atoms with Crippen LogP contribution < -0.4 is 5.32 Å². The highest BCUT2D eigenvalue weighted by atomic mass is 16.1. The topological polar surface area (TPSA) is 32.3 Å². The molecule has 3 heteroatoms. The molecule has 0 aromatic carbocycles. The highest BCUT2D eigenvalue weighted by Crippen LogP contribution is 2.07. The van der Waals surface area contributed by atoms with Gasteiger partial charge in [0.25, 0.3) is 0 Å². The van der Waals surface area contributed by atoms with Crippen molar-refractivity contribution >= 4 is 5.91 Å². The largest absolute Gasteiger partial charge is 0.355 e. The Morgan fingerprint density at radius 3 is 2.60 bits per heavy atom. The first-order valence-electron chi connectivity index (χ1n) is 6.24. The average Bonchev–Trinajstić information content (AvgIpc) is 2.29. The lowest BCUT2D eigenvalue weighted by atomic mass is 10.1. The normalized spacial score (nSPS) is 19.9. The first kappa shape index (κ1) is 12.5. The third-order valence-corrected chi connectivity index (χ3v) is 3.24. The molecule has 15 heavy (non-hydrogen) atoms. The molecule has 1 saturated heterocycles. The monoisotopic (exact) mass is 212 g/mol. The number of nitrogens with zero attached hydrogens (tertiary/aromatic N) is 1. The van der Waals surface area contributed by atoms with Crippen LogP contribution in [0.4, 0.5) is 0 Å². The molecule has 0 radical (unpaired) electrons. The van der Waals surface area contributed by atoms with Gasteiger partial charge in [-0.25, -0.2) is 0 Å². The number of nitrogens with one attached hydrogen (secondary N) is 1. The van der Waals surface area contributed by atoms with E-state index in [0.29, 0.717) is 0 Å². The van der Waals surface area contributed by atoms with E-state index in [-0.39, 0.29) is 11.8 Å². The molecule has 0 spiro atoms. The molecule has 0 saturated carbocycles. The number of rotatable bonds is 5. The van der Waals surface area contributed by atoms with Crippen LogP contribution in [0.25, 0.3) is 0 Å². The van der Waals surface area contributed by atoms with E-state index in [1.807, 2.05) is 6.92 Å². The summed E-state index contributed by atoms with van der Waals surface area (Å²) >= 11 is 0. The molecule has 1 atom stereocenters. The molecular weight excluding hydrogens is 188 g/mol. The Hall–Kier alpha value is -0.570. The molecule has 1 fully saturated rings. The molecule has 3 nitrogen and oxygen atoms in total. The lowest BCUT2D eigenvalue weighted by molar-refractivity contribution is -0.124. The van der Waals surface area contributed by atoms with Gasteiger partial charge in [0, 0.05) is 19.0 Å². The maximum atomic E-state index is 11.5. The zero-order chi connectivity index (χ0) is 11.1. The summed E-state index contributed by atoms with van der Waals surface area (Å²) in [7, 11) is 0. The number of piperidine rings is 1. The van der Waals surface area contributed by atoms with Crippen molar-refractivity contribution in [2.45, 2.75) is 39.5 Å². The van der Waals surface area contributed by atoms with Gasteiger partial charge < -0.3 is 10.2 Å². The number of hydrogen-bond acceptors (Lipinski definition) is 2. The van der Waals surface area contributed by atoms with Crippen molar-refractivity contribution in [1.82, 2.24) is 10.2 Å². The quantitative estimate of drug-likeness (QED) is 0.751. The van der Waals surface area contributed by atoms with Crippen molar-refractivity contribution in [3.8, 4) is 0 Å². The van der Waals surface area contributed by atoms with Crippen LogP contribution in [0.3, 0.4) is 0 Å². The zero-order valence-electron chi connectivity index (χ0n) is 10.1. The van der Waals surface area contributed by atoms with Gasteiger partial charge >= 0.3 is 0 Å². The zero-order valence-corrected chi connectivity index (χ0v) is 10.1. The molecule has 1 aliphatic heterocycles. The molecule has 0 aliphatic carbocycles. The predicted octanol–water partition coefficient (Wildman–Crippen LogP) is 1.63. The van der Waals surface area contributed by atoms with Crippen LogP contribution in [0.1, 0.15) is 39.5 Å². The minimum atomic E-state index is 0.159. The Labute approximate surface area is 93.2 Å². The minimum absolute atomic E-state index is 0.159. The Morgan fingerprint density at radius 2 is 2.00 bits per heavy atom. The second kappa shape index (κ2) is 6.83. The lowest BCUT2D eigenvalue weighted by Gasteiger charge is -2.26. The van der Waals surface area contributed by atoms with Crippen molar-refractivity contribution in [3.05, 3.63) is 0 Å². The molecule has 88 valence electrons. The van der Waals surface area contributed by atoms with Gasteiger partial charge in [-0.15, -0.1) is 0 Å². The Bertz CT molecular complexity index is 188. The van der Waals surface area contributed by atoms with Gasteiger partial charge in [0.2, 0.25) is 5.91 Å². The van der Waals surface area contributed by atoms with E-state index in [4.69, 9.17) is 0 Å². The smallest absolute Gasteiger partial charge is 0.222 e. The summed E-state index contributed by atoms with van der Waals surface area (Å²) in [6.07, 6.45) is 4.93. The fourth-order valence-corrected chi connectivity index (χ4v) is 1.88. The number of likely N-dealkylation sites (tertiary alicyclic amines) is 1. The summed E-state index contributed by atoms with van der Waals surface area (Å²) in [5.41, 5.74) is 0. The second-order valence-corrected chi connectivity index (χ2v) is 4.50. The van der Waals surface area contributed by atoms with Crippen LogP contribution in [0, 0.1) is 5.92 Å². The van der Waals surface area contributed by atoms with Crippen molar-refractivity contribution in [2.75, 3.05) is 26.2 Å². The van der Waals surface area contributed by atoms with E-state index < -0.39 is 0 Å². The van der Waals surface area contributed by atoms with Gasteiger partial charge in [-0.2, -0.15) is 0 Å². The van der Waals surface area contributed by atoms with Crippen LogP contribution >= 0.6 is 0 Å². The van der Waals surface area contributed by atoms with Crippen molar-refractivity contribution in [1.29, 1.82) is 0 Å². The highest BCUT2D eigenvalue weighted by Gasteiger charge is 2.12. The van der Waals surface area contributed by atoms with Gasteiger partial charge in [0.15, 0.2) is 0 Å². The van der Waals surface area contributed by atoms with E-state index in [1.54, 1.807) is 0 Å². The highest BCUT2D eigenvalue weighted by molar-refractivity contribution is 5.78. The molecule has 1 unspecified atom stereocenters. The predicted molar refractivity (Wildman–Crippen MR) is 62.8 cm³/mol. The summed E-state index contributed by atoms with van der Waals surface area (Å²) < 4.78 is 0. The Balaban J connectivity index is 2.07. The summed E-state index contributed by atoms with van der Waals surface area (Å²) in [5, 5.41) is 3.00. The summed E-state index contributed by atoms with van der Waals surface area (Å²) in [6, 6.07) is 0. The first-order valence-corrected chi connectivity index (χ1v) is 6.24. The maximum absolute atomic E-state index is 11.5. The van der Waals surface area contributed by atoms with Gasteiger partial charge in [-0.1, -0.05) is 20.3 Å². The number of amides is 1. The molecule has 0 bridgehead atoms. The molecule has 1 rings (SSSR count). The SMILES string of the molecule is CCC(C)C(=O)NCCN1CCCCC1. The van der Waals surface area contributed by atoms with Crippen LogP contribution in [0.5, 0.6) is 0 Å². The van der Waals surface area contributed by atoms with Gasteiger partial charge in [0.05, 0.1) is 0 Å². The van der Waals surface area contributed by atoms with Gasteiger partial charge in [-0.3, -0.25) is 4.79 Å². The van der Waals surface area contributed by atoms with E-state index in [1.165, 1.54) is 32.4 Å².